The van der Waals surface area contributed by atoms with Crippen LogP contribution in [0.3, 0.4) is 0 Å². The van der Waals surface area contributed by atoms with Crippen LogP contribution in [-0.2, 0) is 21.4 Å². The Morgan fingerprint density at radius 1 is 1.11 bits per heavy atom. The third-order valence-corrected chi connectivity index (χ3v) is 7.01. The van der Waals surface area contributed by atoms with Gasteiger partial charge in [-0.3, -0.25) is 4.79 Å². The summed E-state index contributed by atoms with van der Waals surface area (Å²) in [5.41, 5.74) is 3.22. The Labute approximate surface area is 161 Å². The molecule has 0 saturated carbocycles. The fourth-order valence-electron chi connectivity index (χ4n) is 3.37. The zero-order chi connectivity index (χ0) is 19.4. The van der Waals surface area contributed by atoms with E-state index < -0.39 is 10.0 Å². The number of piperidine rings is 1. The van der Waals surface area contributed by atoms with Crippen LogP contribution in [0.5, 0.6) is 0 Å². The number of amides is 1. The van der Waals surface area contributed by atoms with Crippen molar-refractivity contribution < 1.29 is 13.2 Å². The number of rotatable bonds is 5. The highest BCUT2D eigenvalue weighted by Gasteiger charge is 2.33. The predicted octanol–water partition coefficient (Wildman–Crippen LogP) is 3.02. The van der Waals surface area contributed by atoms with Gasteiger partial charge in [-0.15, -0.1) is 0 Å². The summed E-state index contributed by atoms with van der Waals surface area (Å²) >= 11 is 0. The first-order valence-corrected chi connectivity index (χ1v) is 10.7. The van der Waals surface area contributed by atoms with Crippen LogP contribution < -0.4 is 5.32 Å². The average molecular weight is 387 g/mol. The van der Waals surface area contributed by atoms with Gasteiger partial charge in [-0.1, -0.05) is 42.0 Å². The summed E-state index contributed by atoms with van der Waals surface area (Å²) in [7, 11) is -3.57. The molecule has 0 spiro atoms. The summed E-state index contributed by atoms with van der Waals surface area (Å²) in [4.78, 5) is 12.9. The van der Waals surface area contributed by atoms with Crippen LogP contribution >= 0.6 is 0 Å². The molecule has 0 aliphatic carbocycles. The van der Waals surface area contributed by atoms with Crippen LogP contribution in [0.25, 0.3) is 0 Å². The second kappa shape index (κ2) is 8.23. The quantitative estimate of drug-likeness (QED) is 0.859. The number of sulfonamides is 1. The van der Waals surface area contributed by atoms with E-state index in [2.05, 4.69) is 5.32 Å². The van der Waals surface area contributed by atoms with Crippen molar-refractivity contribution in [3.63, 3.8) is 0 Å². The van der Waals surface area contributed by atoms with E-state index in [4.69, 9.17) is 0 Å². The molecule has 2 aromatic carbocycles. The predicted molar refractivity (Wildman–Crippen MR) is 106 cm³/mol. The van der Waals surface area contributed by atoms with Crippen LogP contribution in [-0.4, -0.2) is 31.7 Å². The van der Waals surface area contributed by atoms with Gasteiger partial charge in [0.05, 0.1) is 10.8 Å². The normalized spacial score (nSPS) is 18.2. The van der Waals surface area contributed by atoms with Crippen molar-refractivity contribution in [1.29, 1.82) is 0 Å². The Morgan fingerprint density at radius 2 is 1.81 bits per heavy atom. The fraction of sp³-hybridized carbons (Fsp3) is 0.381. The first-order chi connectivity index (χ1) is 12.9. The Kier molecular flexibility index (Phi) is 5.97. The van der Waals surface area contributed by atoms with E-state index in [1.165, 1.54) is 4.31 Å². The molecule has 1 N–H and O–H groups in total. The summed E-state index contributed by atoms with van der Waals surface area (Å²) in [6.45, 7) is 5.09. The Balaban J connectivity index is 1.65. The molecule has 0 bridgehead atoms. The summed E-state index contributed by atoms with van der Waals surface area (Å²) < 4.78 is 27.2. The van der Waals surface area contributed by atoms with Gasteiger partial charge < -0.3 is 5.32 Å². The summed E-state index contributed by atoms with van der Waals surface area (Å²) in [5.74, 6) is -0.398. The van der Waals surface area contributed by atoms with Gasteiger partial charge in [0.2, 0.25) is 15.9 Å². The van der Waals surface area contributed by atoms with E-state index in [0.29, 0.717) is 25.9 Å². The second-order valence-corrected chi connectivity index (χ2v) is 9.10. The topological polar surface area (TPSA) is 66.5 Å². The van der Waals surface area contributed by atoms with Crippen molar-refractivity contribution in [2.24, 2.45) is 5.92 Å². The minimum Gasteiger partial charge on any atom is -0.352 e. The van der Waals surface area contributed by atoms with Gasteiger partial charge >= 0.3 is 0 Å². The highest BCUT2D eigenvalue weighted by atomic mass is 32.2. The smallest absolute Gasteiger partial charge is 0.243 e. The lowest BCUT2D eigenvalue weighted by atomic mass is 9.98. The van der Waals surface area contributed by atoms with Gasteiger partial charge in [-0.05, 0) is 49.9 Å². The van der Waals surface area contributed by atoms with E-state index in [1.54, 1.807) is 24.3 Å². The van der Waals surface area contributed by atoms with Gasteiger partial charge in [0.25, 0.3) is 0 Å². The zero-order valence-corrected chi connectivity index (χ0v) is 16.6. The monoisotopic (exact) mass is 386 g/mol. The molecule has 3 rings (SSSR count). The lowest BCUT2D eigenvalue weighted by Crippen LogP contribution is -2.45. The molecule has 1 saturated heterocycles. The third kappa shape index (κ3) is 4.57. The standard InChI is InChI=1S/C21H26N2O3S/c1-16-9-11-20(12-10-16)27(25,26)23-13-5-8-19(15-23)21(24)22-14-18-7-4-3-6-17(18)2/h3-4,6-7,9-12,19H,5,8,13-15H2,1-2H3,(H,22,24)/t19-/m1/s1. The molecule has 1 fully saturated rings. The van der Waals surface area contributed by atoms with Crippen molar-refractivity contribution in [3.05, 3.63) is 65.2 Å². The van der Waals surface area contributed by atoms with Crippen LogP contribution in [0.2, 0.25) is 0 Å². The van der Waals surface area contributed by atoms with E-state index in [0.717, 1.165) is 16.7 Å². The fourth-order valence-corrected chi connectivity index (χ4v) is 4.89. The first kappa shape index (κ1) is 19.6. The van der Waals surface area contributed by atoms with Gasteiger partial charge in [0.15, 0.2) is 0 Å². The van der Waals surface area contributed by atoms with Crippen LogP contribution in [0.15, 0.2) is 53.4 Å². The number of nitrogens with one attached hydrogen (secondary N) is 1. The zero-order valence-electron chi connectivity index (χ0n) is 15.8. The molecule has 1 heterocycles. The Morgan fingerprint density at radius 3 is 2.52 bits per heavy atom. The molecular formula is C21H26N2O3S. The lowest BCUT2D eigenvalue weighted by molar-refractivity contribution is -0.126. The largest absolute Gasteiger partial charge is 0.352 e. The van der Waals surface area contributed by atoms with E-state index in [1.807, 2.05) is 38.1 Å². The molecule has 6 heteroatoms. The van der Waals surface area contributed by atoms with Gasteiger partial charge in [0.1, 0.15) is 0 Å². The molecule has 5 nitrogen and oxygen atoms in total. The molecule has 1 amide bonds. The number of hydrogen-bond acceptors (Lipinski definition) is 3. The molecule has 1 aliphatic rings. The van der Waals surface area contributed by atoms with E-state index in [-0.39, 0.29) is 23.3 Å². The summed E-state index contributed by atoms with van der Waals surface area (Å²) in [5, 5.41) is 2.97. The maximum atomic E-state index is 12.9. The first-order valence-electron chi connectivity index (χ1n) is 9.27. The highest BCUT2D eigenvalue weighted by Crippen LogP contribution is 2.24. The Hall–Kier alpha value is -2.18. The van der Waals surface area contributed by atoms with E-state index in [9.17, 15) is 13.2 Å². The number of carbonyl (C=O) groups is 1. The summed E-state index contributed by atoms with van der Waals surface area (Å²) in [6, 6.07) is 14.8. The van der Waals surface area contributed by atoms with Crippen LogP contribution in [0.4, 0.5) is 0 Å². The Bertz CT molecular complexity index is 907. The molecule has 1 atom stereocenters. The minimum atomic E-state index is -3.57. The number of nitrogens with zero attached hydrogens (tertiary/aromatic N) is 1. The van der Waals surface area contributed by atoms with E-state index >= 15 is 0 Å². The number of carbonyl (C=O) groups excluding carboxylic acids is 1. The average Bonchev–Trinajstić information content (AvgIpc) is 2.67. The highest BCUT2D eigenvalue weighted by molar-refractivity contribution is 7.89. The van der Waals surface area contributed by atoms with Gasteiger partial charge in [-0.25, -0.2) is 8.42 Å². The second-order valence-electron chi connectivity index (χ2n) is 7.16. The van der Waals surface area contributed by atoms with Crippen molar-refractivity contribution in [3.8, 4) is 0 Å². The maximum absolute atomic E-state index is 12.9. The molecule has 0 aromatic heterocycles. The molecule has 27 heavy (non-hydrogen) atoms. The maximum Gasteiger partial charge on any atom is 0.243 e. The molecule has 1 aliphatic heterocycles. The number of aryl methyl sites for hydroxylation is 2. The van der Waals surface area contributed by atoms with Crippen molar-refractivity contribution in [1.82, 2.24) is 9.62 Å². The lowest BCUT2D eigenvalue weighted by Gasteiger charge is -2.31. The van der Waals surface area contributed by atoms with Crippen molar-refractivity contribution in [2.75, 3.05) is 13.1 Å². The minimum absolute atomic E-state index is 0.0814. The number of benzene rings is 2. The molecule has 2 aromatic rings. The number of hydrogen-bond donors (Lipinski definition) is 1. The van der Waals surface area contributed by atoms with Crippen LogP contribution in [0, 0.1) is 19.8 Å². The molecule has 0 radical (unpaired) electrons. The van der Waals surface area contributed by atoms with Gasteiger partial charge in [-0.2, -0.15) is 4.31 Å². The molecular weight excluding hydrogens is 360 g/mol. The third-order valence-electron chi connectivity index (χ3n) is 5.13. The summed E-state index contributed by atoms with van der Waals surface area (Å²) in [6.07, 6.45) is 1.40. The van der Waals surface area contributed by atoms with Crippen molar-refractivity contribution in [2.45, 2.75) is 38.1 Å². The molecule has 144 valence electrons. The molecule has 0 unspecified atom stereocenters. The van der Waals surface area contributed by atoms with Gasteiger partial charge in [0, 0.05) is 19.6 Å². The van der Waals surface area contributed by atoms with Crippen molar-refractivity contribution >= 4 is 15.9 Å². The SMILES string of the molecule is Cc1ccc(S(=O)(=O)N2CCC[C@@H](C(=O)NCc3ccccc3C)C2)cc1. The van der Waals surface area contributed by atoms with Crippen LogP contribution in [0.1, 0.15) is 29.5 Å².